The van der Waals surface area contributed by atoms with Crippen LogP contribution in [0.25, 0.3) is 17.1 Å². The number of alkyl halides is 3. The van der Waals surface area contributed by atoms with Gasteiger partial charge < -0.3 is 9.32 Å². The van der Waals surface area contributed by atoms with Crippen molar-refractivity contribution in [3.05, 3.63) is 77.3 Å². The first-order valence-corrected chi connectivity index (χ1v) is 10.2. The molecule has 1 aromatic carbocycles. The van der Waals surface area contributed by atoms with Crippen LogP contribution in [-0.2, 0) is 6.18 Å². The minimum Gasteiger partial charge on any atom is -0.463 e. The highest BCUT2D eigenvalue weighted by Gasteiger charge is 2.38. The number of hydrogen-bond donors (Lipinski definition) is 0. The Kier molecular flexibility index (Phi) is 4.76. The summed E-state index contributed by atoms with van der Waals surface area (Å²) in [6, 6.07) is 11.6. The average molecular weight is 440 g/mol. The fourth-order valence-corrected chi connectivity index (χ4v) is 4.31. The maximum absolute atomic E-state index is 13.8. The van der Waals surface area contributed by atoms with E-state index >= 15 is 0 Å². The fourth-order valence-electron chi connectivity index (χ4n) is 4.31. The predicted octanol–water partition coefficient (Wildman–Crippen LogP) is 5.29. The highest BCUT2D eigenvalue weighted by atomic mass is 19.4. The highest BCUT2D eigenvalue weighted by molar-refractivity contribution is 6.00. The standard InChI is InChI=1S/C23H19F3N4O2/c1-14-6-2-3-7-15(14)18-8-4-10-29(18)22(31)16-13-27-30-20(23(24,25)26)12-17(28-21(16)30)19-9-5-11-32-19/h2-3,5-7,9,11-13,18H,4,8,10H2,1H3. The number of benzene rings is 1. The minimum absolute atomic E-state index is 0.0127. The van der Waals surface area contributed by atoms with Gasteiger partial charge in [0.2, 0.25) is 0 Å². The zero-order valence-corrected chi connectivity index (χ0v) is 17.1. The highest BCUT2D eigenvalue weighted by Crippen LogP contribution is 2.36. The Morgan fingerprint density at radius 2 is 2.00 bits per heavy atom. The smallest absolute Gasteiger partial charge is 0.433 e. The second-order valence-corrected chi connectivity index (χ2v) is 7.81. The second kappa shape index (κ2) is 7.51. The average Bonchev–Trinajstić information content (AvgIpc) is 3.52. The first kappa shape index (κ1) is 20.3. The Hall–Kier alpha value is -3.62. The Morgan fingerprint density at radius 3 is 2.72 bits per heavy atom. The van der Waals surface area contributed by atoms with E-state index in [9.17, 15) is 18.0 Å². The summed E-state index contributed by atoms with van der Waals surface area (Å²) in [4.78, 5) is 19.5. The van der Waals surface area contributed by atoms with Crippen LogP contribution in [0.5, 0.6) is 0 Å². The molecule has 0 N–H and O–H groups in total. The van der Waals surface area contributed by atoms with E-state index in [0.717, 1.165) is 30.0 Å². The molecule has 1 atom stereocenters. The molecule has 1 unspecified atom stereocenters. The van der Waals surface area contributed by atoms with Gasteiger partial charge in [0.05, 0.1) is 18.5 Å². The monoisotopic (exact) mass is 440 g/mol. The molecule has 6 nitrogen and oxygen atoms in total. The summed E-state index contributed by atoms with van der Waals surface area (Å²) >= 11 is 0. The lowest BCUT2D eigenvalue weighted by molar-refractivity contribution is -0.142. The Balaban J connectivity index is 1.62. The van der Waals surface area contributed by atoms with E-state index in [2.05, 4.69) is 10.1 Å². The SMILES string of the molecule is Cc1ccccc1C1CCCN1C(=O)c1cnn2c(C(F)(F)F)cc(-c3ccco3)nc12. The van der Waals surface area contributed by atoms with Crippen molar-refractivity contribution in [2.75, 3.05) is 6.54 Å². The number of aryl methyl sites for hydroxylation is 1. The van der Waals surface area contributed by atoms with Gasteiger partial charge in [0.15, 0.2) is 17.1 Å². The molecule has 4 heterocycles. The van der Waals surface area contributed by atoms with Crippen LogP contribution >= 0.6 is 0 Å². The number of amides is 1. The summed E-state index contributed by atoms with van der Waals surface area (Å²) in [5, 5.41) is 3.87. The van der Waals surface area contributed by atoms with Crippen LogP contribution in [0, 0.1) is 6.92 Å². The zero-order valence-electron chi connectivity index (χ0n) is 17.1. The van der Waals surface area contributed by atoms with Gasteiger partial charge in [0, 0.05) is 6.54 Å². The summed E-state index contributed by atoms with van der Waals surface area (Å²) in [6.07, 6.45) is -0.573. The molecule has 0 bridgehead atoms. The number of aromatic nitrogens is 3. The maximum atomic E-state index is 13.8. The molecule has 1 saturated heterocycles. The third kappa shape index (κ3) is 3.34. The van der Waals surface area contributed by atoms with E-state index in [1.165, 1.54) is 18.5 Å². The van der Waals surface area contributed by atoms with Gasteiger partial charge in [0.25, 0.3) is 5.91 Å². The van der Waals surface area contributed by atoms with Crippen LogP contribution in [0.4, 0.5) is 13.2 Å². The lowest BCUT2D eigenvalue weighted by Crippen LogP contribution is -2.31. The van der Waals surface area contributed by atoms with Gasteiger partial charge in [-0.1, -0.05) is 24.3 Å². The summed E-state index contributed by atoms with van der Waals surface area (Å²) < 4.78 is 47.2. The molecule has 0 saturated carbocycles. The van der Waals surface area contributed by atoms with Crippen molar-refractivity contribution in [1.29, 1.82) is 0 Å². The van der Waals surface area contributed by atoms with Gasteiger partial charge in [-0.15, -0.1) is 0 Å². The molecule has 3 aromatic heterocycles. The molecule has 0 aliphatic carbocycles. The first-order chi connectivity index (χ1) is 15.3. The topological polar surface area (TPSA) is 63.6 Å². The van der Waals surface area contributed by atoms with Crippen molar-refractivity contribution in [3.63, 3.8) is 0 Å². The van der Waals surface area contributed by atoms with Gasteiger partial charge in [0.1, 0.15) is 11.3 Å². The minimum atomic E-state index is -4.69. The van der Waals surface area contributed by atoms with Gasteiger partial charge in [-0.2, -0.15) is 18.3 Å². The van der Waals surface area contributed by atoms with Crippen LogP contribution in [0.3, 0.4) is 0 Å². The number of likely N-dealkylation sites (tertiary alicyclic amines) is 1. The van der Waals surface area contributed by atoms with E-state index in [-0.39, 0.29) is 34.6 Å². The summed E-state index contributed by atoms with van der Waals surface area (Å²) in [5.74, 6) is -0.209. The zero-order chi connectivity index (χ0) is 22.5. The van der Waals surface area contributed by atoms with Crippen molar-refractivity contribution in [3.8, 4) is 11.5 Å². The molecule has 1 aliphatic heterocycles. The quantitative estimate of drug-likeness (QED) is 0.434. The molecule has 0 spiro atoms. The van der Waals surface area contributed by atoms with Crippen LogP contribution in [0.1, 0.15) is 46.1 Å². The Labute approximate surface area is 181 Å². The Morgan fingerprint density at radius 1 is 1.19 bits per heavy atom. The number of carbonyl (C=O) groups is 1. The van der Waals surface area contributed by atoms with E-state index in [1.807, 2.05) is 31.2 Å². The molecular weight excluding hydrogens is 421 g/mol. The number of fused-ring (bicyclic) bond motifs is 1. The molecule has 1 aliphatic rings. The molecule has 32 heavy (non-hydrogen) atoms. The van der Waals surface area contributed by atoms with Crippen LogP contribution in [-0.4, -0.2) is 31.9 Å². The van der Waals surface area contributed by atoms with E-state index in [4.69, 9.17) is 4.42 Å². The first-order valence-electron chi connectivity index (χ1n) is 10.2. The van der Waals surface area contributed by atoms with E-state index < -0.39 is 11.9 Å². The van der Waals surface area contributed by atoms with Crippen LogP contribution in [0.2, 0.25) is 0 Å². The van der Waals surface area contributed by atoms with Gasteiger partial charge >= 0.3 is 6.18 Å². The number of hydrogen-bond acceptors (Lipinski definition) is 4. The van der Waals surface area contributed by atoms with Crippen molar-refractivity contribution < 1.29 is 22.4 Å². The molecule has 4 aromatic rings. The largest absolute Gasteiger partial charge is 0.463 e. The number of nitrogens with zero attached hydrogens (tertiary/aromatic N) is 4. The van der Waals surface area contributed by atoms with Gasteiger partial charge in [-0.05, 0) is 49.1 Å². The maximum Gasteiger partial charge on any atom is 0.433 e. The normalized spacial score (nSPS) is 16.8. The summed E-state index contributed by atoms with van der Waals surface area (Å²) in [6.45, 7) is 2.50. The molecule has 164 valence electrons. The molecule has 9 heteroatoms. The molecule has 0 radical (unpaired) electrons. The van der Waals surface area contributed by atoms with E-state index in [0.29, 0.717) is 11.1 Å². The van der Waals surface area contributed by atoms with Crippen molar-refractivity contribution in [2.24, 2.45) is 0 Å². The summed E-state index contributed by atoms with van der Waals surface area (Å²) in [5.41, 5.74) is 0.951. The molecule has 1 fully saturated rings. The van der Waals surface area contributed by atoms with Crippen LogP contribution < -0.4 is 0 Å². The molecule has 5 rings (SSSR count). The Bertz CT molecular complexity index is 1290. The van der Waals surface area contributed by atoms with Crippen molar-refractivity contribution in [1.82, 2.24) is 19.5 Å². The van der Waals surface area contributed by atoms with Crippen molar-refractivity contribution in [2.45, 2.75) is 32.0 Å². The summed E-state index contributed by atoms with van der Waals surface area (Å²) in [7, 11) is 0. The fraction of sp³-hybridized carbons (Fsp3) is 0.261. The molecular formula is C23H19F3N4O2. The van der Waals surface area contributed by atoms with Crippen LogP contribution in [0.15, 0.2) is 59.3 Å². The lowest BCUT2D eigenvalue weighted by atomic mass is 9.99. The molecule has 1 amide bonds. The van der Waals surface area contributed by atoms with E-state index in [1.54, 1.807) is 11.0 Å². The third-order valence-electron chi connectivity index (χ3n) is 5.83. The second-order valence-electron chi connectivity index (χ2n) is 7.81. The number of halogens is 3. The number of rotatable bonds is 3. The van der Waals surface area contributed by atoms with Gasteiger partial charge in [-0.3, -0.25) is 4.79 Å². The third-order valence-corrected chi connectivity index (χ3v) is 5.83. The number of carbonyl (C=O) groups excluding carboxylic acids is 1. The lowest BCUT2D eigenvalue weighted by Gasteiger charge is -2.26. The predicted molar refractivity (Wildman–Crippen MR) is 110 cm³/mol. The van der Waals surface area contributed by atoms with Crippen molar-refractivity contribution >= 4 is 11.6 Å². The number of furan rings is 1. The van der Waals surface area contributed by atoms with Gasteiger partial charge in [-0.25, -0.2) is 9.50 Å².